The first-order valence-electron chi connectivity index (χ1n) is 17.4. The molecule has 0 bridgehead atoms. The highest BCUT2D eigenvalue weighted by Gasteiger charge is 2.29. The Morgan fingerprint density at radius 2 is 1.63 bits per heavy atom. The van der Waals surface area contributed by atoms with Crippen molar-refractivity contribution in [2.24, 2.45) is 7.05 Å². The van der Waals surface area contributed by atoms with Crippen molar-refractivity contribution in [2.75, 3.05) is 50.8 Å². The van der Waals surface area contributed by atoms with Crippen molar-refractivity contribution in [3.63, 3.8) is 0 Å². The van der Waals surface area contributed by atoms with Crippen molar-refractivity contribution in [3.8, 4) is 5.95 Å². The number of hydrogen-bond acceptors (Lipinski definition) is 10. The van der Waals surface area contributed by atoms with E-state index in [1.165, 1.54) is 0 Å². The van der Waals surface area contributed by atoms with Crippen LogP contribution in [0.2, 0.25) is 0 Å². The molecule has 0 spiro atoms. The summed E-state index contributed by atoms with van der Waals surface area (Å²) in [5.74, 6) is 2.39. The van der Waals surface area contributed by atoms with Crippen LogP contribution in [0, 0.1) is 0 Å². The van der Waals surface area contributed by atoms with Crippen molar-refractivity contribution >= 4 is 45.7 Å². The summed E-state index contributed by atoms with van der Waals surface area (Å²) in [6, 6.07) is 7.99. The monoisotopic (exact) mass is 674 g/mol. The van der Waals surface area contributed by atoms with Crippen LogP contribution in [-0.2, 0) is 39.1 Å². The van der Waals surface area contributed by atoms with Crippen molar-refractivity contribution in [3.05, 3.63) is 35.9 Å². The first-order chi connectivity index (χ1) is 23.9. The maximum atomic E-state index is 13.3. The normalized spacial score (nSPS) is 15.5. The highest BCUT2D eigenvalue weighted by atomic mass is 16.5. The fourth-order valence-electron chi connectivity index (χ4n) is 6.60. The number of aromatic nitrogens is 6. The van der Waals surface area contributed by atoms with Crippen LogP contribution in [0.3, 0.4) is 0 Å². The number of hydrogen-bond donors (Lipinski definition) is 2. The zero-order valence-corrected chi connectivity index (χ0v) is 28.4. The van der Waals surface area contributed by atoms with E-state index in [1.54, 1.807) is 15.3 Å². The van der Waals surface area contributed by atoms with Crippen molar-refractivity contribution in [1.82, 2.24) is 44.4 Å². The number of carbonyl (C=O) groups excluding carboxylic acids is 3. The molecule has 2 N–H and O–H groups in total. The largest absolute Gasteiger partial charge is 0.378 e. The Kier molecular flexibility index (Phi) is 11.0. The number of piperazine rings is 1. The molecular formula is C34H46N10O5. The van der Waals surface area contributed by atoms with E-state index in [4.69, 9.17) is 29.9 Å². The molecule has 3 amide bonds. The summed E-state index contributed by atoms with van der Waals surface area (Å²) in [7, 11) is 1.92. The van der Waals surface area contributed by atoms with Crippen LogP contribution in [0.25, 0.3) is 28.1 Å². The quantitative estimate of drug-likeness (QED) is 0.116. The van der Waals surface area contributed by atoms with E-state index in [9.17, 15) is 14.4 Å². The molecule has 262 valence electrons. The molecule has 5 heterocycles. The highest BCUT2D eigenvalue weighted by molar-refractivity contribution is 5.87. The van der Waals surface area contributed by atoms with E-state index in [0.29, 0.717) is 88.1 Å². The van der Waals surface area contributed by atoms with Gasteiger partial charge in [-0.2, -0.15) is 9.97 Å². The summed E-state index contributed by atoms with van der Waals surface area (Å²) in [5.41, 5.74) is 4.83. The molecule has 1 aromatic carbocycles. The zero-order chi connectivity index (χ0) is 34.3. The van der Waals surface area contributed by atoms with Gasteiger partial charge in [0, 0.05) is 52.5 Å². The van der Waals surface area contributed by atoms with Crippen molar-refractivity contribution < 1.29 is 24.3 Å². The van der Waals surface area contributed by atoms with Gasteiger partial charge in [-0.1, -0.05) is 44.7 Å². The smallest absolute Gasteiger partial charge is 0.243 e. The second kappa shape index (κ2) is 15.7. The minimum atomic E-state index is -0.361. The van der Waals surface area contributed by atoms with Crippen LogP contribution in [0.15, 0.2) is 24.3 Å². The van der Waals surface area contributed by atoms with Gasteiger partial charge < -0.3 is 24.0 Å². The van der Waals surface area contributed by atoms with E-state index in [1.807, 2.05) is 40.4 Å². The van der Waals surface area contributed by atoms with E-state index in [0.717, 1.165) is 61.2 Å². The maximum Gasteiger partial charge on any atom is 0.243 e. The summed E-state index contributed by atoms with van der Waals surface area (Å²) in [6.45, 7) is 5.92. The number of unbranched alkanes of at least 4 members (excludes halogenated alkanes) is 5. The van der Waals surface area contributed by atoms with E-state index < -0.39 is 0 Å². The van der Waals surface area contributed by atoms with Gasteiger partial charge >= 0.3 is 0 Å². The molecule has 49 heavy (non-hydrogen) atoms. The van der Waals surface area contributed by atoms with E-state index >= 15 is 0 Å². The molecule has 0 aliphatic carbocycles. The summed E-state index contributed by atoms with van der Waals surface area (Å²) >= 11 is 0. The number of hydroxylamine groups is 1. The third-order valence-electron chi connectivity index (χ3n) is 9.41. The number of anilines is 1. The standard InChI is InChI=1S/C34H46N10O5/c1-3-26-35-24-12-10-11-13-25(24)44(26)34-37-32-31(33(38-34)41-18-20-49-21-19-41)36-27(40(32)2)22-42-16-17-43(23-30(42)47)29(46)15-9-7-5-4-6-8-14-28(45)39-48/h10-13,48H,3-9,14-23H2,1-2H3,(H,39,45). The van der Waals surface area contributed by atoms with Gasteiger partial charge in [0.2, 0.25) is 23.7 Å². The van der Waals surface area contributed by atoms with Crippen LogP contribution in [0.5, 0.6) is 0 Å². The van der Waals surface area contributed by atoms with Crippen molar-refractivity contribution in [1.29, 1.82) is 0 Å². The predicted octanol–water partition coefficient (Wildman–Crippen LogP) is 2.90. The van der Waals surface area contributed by atoms with Gasteiger partial charge in [0.05, 0.1) is 37.3 Å². The highest BCUT2D eigenvalue weighted by Crippen LogP contribution is 2.29. The number of ether oxygens (including phenoxy) is 1. The summed E-state index contributed by atoms with van der Waals surface area (Å²) in [4.78, 5) is 62.9. The third kappa shape index (κ3) is 7.67. The topological polar surface area (TPSA) is 164 Å². The van der Waals surface area contributed by atoms with Crippen LogP contribution >= 0.6 is 0 Å². The van der Waals surface area contributed by atoms with Gasteiger partial charge in [-0.05, 0) is 25.0 Å². The van der Waals surface area contributed by atoms with Crippen LogP contribution in [0.1, 0.15) is 69.9 Å². The summed E-state index contributed by atoms with van der Waals surface area (Å²) in [5, 5.41) is 8.55. The minimum Gasteiger partial charge on any atom is -0.378 e. The number of fused-ring (bicyclic) bond motifs is 2. The Balaban J connectivity index is 1.13. The number of nitrogens with one attached hydrogen (secondary N) is 1. The number of rotatable bonds is 14. The molecule has 2 saturated heterocycles. The molecule has 4 aromatic rings. The molecule has 15 nitrogen and oxygen atoms in total. The fraction of sp³-hybridized carbons (Fsp3) is 0.559. The molecule has 3 aromatic heterocycles. The van der Waals surface area contributed by atoms with Crippen LogP contribution in [-0.4, -0.2) is 108 Å². The molecule has 6 rings (SSSR count). The third-order valence-corrected chi connectivity index (χ3v) is 9.41. The SMILES string of the molecule is CCc1nc2ccccc2n1-c1nc(N2CCOCC2)c2nc(CN3CCN(C(=O)CCCCCCCCC(=O)NO)CC3=O)n(C)c2n1. The first-order valence-corrected chi connectivity index (χ1v) is 17.4. The van der Waals surface area contributed by atoms with Crippen LogP contribution in [0.4, 0.5) is 5.82 Å². The zero-order valence-electron chi connectivity index (χ0n) is 28.4. The molecule has 0 saturated carbocycles. The number of morpholine rings is 1. The molecule has 0 unspecified atom stereocenters. The Bertz CT molecular complexity index is 1800. The van der Waals surface area contributed by atoms with E-state index in [2.05, 4.69) is 11.8 Å². The molecule has 0 radical (unpaired) electrons. The van der Waals surface area contributed by atoms with Gasteiger partial charge in [-0.25, -0.2) is 15.4 Å². The lowest BCUT2D eigenvalue weighted by Crippen LogP contribution is -2.52. The molecule has 2 aliphatic rings. The van der Waals surface area contributed by atoms with Gasteiger partial charge in [0.15, 0.2) is 17.0 Å². The molecule has 0 atom stereocenters. The van der Waals surface area contributed by atoms with Gasteiger partial charge in [0.1, 0.15) is 11.6 Å². The Hall–Kier alpha value is -4.63. The lowest BCUT2D eigenvalue weighted by molar-refractivity contribution is -0.145. The lowest BCUT2D eigenvalue weighted by atomic mass is 10.1. The second-order valence-electron chi connectivity index (χ2n) is 12.7. The lowest BCUT2D eigenvalue weighted by Gasteiger charge is -2.34. The number of carbonyl (C=O) groups is 3. The number of benzene rings is 1. The van der Waals surface area contributed by atoms with Gasteiger partial charge in [0.25, 0.3) is 0 Å². The number of aryl methyl sites for hydroxylation is 2. The Morgan fingerprint density at radius 3 is 2.37 bits per heavy atom. The molecule has 15 heteroatoms. The Labute approximate surface area is 285 Å². The number of imidazole rings is 2. The van der Waals surface area contributed by atoms with Crippen molar-refractivity contribution in [2.45, 2.75) is 71.3 Å². The number of amides is 3. The molecule has 2 aliphatic heterocycles. The number of para-hydroxylation sites is 2. The maximum absolute atomic E-state index is 13.3. The van der Waals surface area contributed by atoms with E-state index in [-0.39, 0.29) is 24.3 Å². The first kappa shape index (κ1) is 34.2. The van der Waals surface area contributed by atoms with Gasteiger partial charge in [-0.3, -0.25) is 24.2 Å². The average Bonchev–Trinajstić information content (AvgIpc) is 3.66. The summed E-state index contributed by atoms with van der Waals surface area (Å²) < 4.78 is 9.60. The predicted molar refractivity (Wildman–Crippen MR) is 182 cm³/mol. The molecule has 2 fully saturated rings. The minimum absolute atomic E-state index is 0.00628. The summed E-state index contributed by atoms with van der Waals surface area (Å²) in [6.07, 6.45) is 6.75. The number of nitrogens with zero attached hydrogens (tertiary/aromatic N) is 9. The Morgan fingerprint density at radius 1 is 0.898 bits per heavy atom. The van der Waals surface area contributed by atoms with Crippen LogP contribution < -0.4 is 10.4 Å². The second-order valence-corrected chi connectivity index (χ2v) is 12.7. The fourth-order valence-corrected chi connectivity index (χ4v) is 6.60. The average molecular weight is 675 g/mol. The van der Waals surface area contributed by atoms with Gasteiger partial charge in [-0.15, -0.1) is 0 Å². The molecular weight excluding hydrogens is 628 g/mol.